The monoisotopic (exact) mass is 282 g/mol. The second-order valence-corrected chi connectivity index (χ2v) is 4.61. The molecule has 1 aliphatic rings. The Hall–Kier alpha value is -1.92. The van der Waals surface area contributed by atoms with Gasteiger partial charge in [-0.25, -0.2) is 4.79 Å². The maximum absolute atomic E-state index is 11.7. The molecule has 0 unspecified atom stereocenters. The van der Waals surface area contributed by atoms with E-state index in [-0.39, 0.29) is 5.56 Å². The molecular formula is C12H14N2O6. The van der Waals surface area contributed by atoms with Crippen molar-refractivity contribution in [2.45, 2.75) is 31.0 Å². The van der Waals surface area contributed by atoms with Crippen molar-refractivity contribution < 1.29 is 20.1 Å². The summed E-state index contributed by atoms with van der Waals surface area (Å²) >= 11 is 0. The highest BCUT2D eigenvalue weighted by Crippen LogP contribution is 2.35. The molecule has 1 saturated heterocycles. The first kappa shape index (κ1) is 14.5. The molecule has 0 aliphatic carbocycles. The summed E-state index contributed by atoms with van der Waals surface area (Å²) in [6.45, 7) is 0.738. The van der Waals surface area contributed by atoms with Crippen LogP contribution < -0.4 is 11.2 Å². The zero-order valence-electron chi connectivity index (χ0n) is 10.6. The molecule has 4 N–H and O–H groups in total. The van der Waals surface area contributed by atoms with E-state index < -0.39 is 41.9 Å². The van der Waals surface area contributed by atoms with Crippen LogP contribution in [-0.4, -0.2) is 49.3 Å². The molecule has 1 fully saturated rings. The summed E-state index contributed by atoms with van der Waals surface area (Å²) in [6.07, 6.45) is 2.00. The molecule has 108 valence electrons. The lowest BCUT2D eigenvalue weighted by atomic mass is 9.97. The average Bonchev–Trinajstić information content (AvgIpc) is 2.68. The number of aliphatic hydroxyl groups excluding tert-OH is 3. The van der Waals surface area contributed by atoms with Crippen molar-refractivity contribution in [2.24, 2.45) is 0 Å². The van der Waals surface area contributed by atoms with Crippen molar-refractivity contribution in [3.8, 4) is 12.3 Å². The first-order valence-electron chi connectivity index (χ1n) is 5.81. The molecule has 0 saturated carbocycles. The van der Waals surface area contributed by atoms with Gasteiger partial charge in [0.1, 0.15) is 12.2 Å². The van der Waals surface area contributed by atoms with Crippen molar-refractivity contribution in [1.82, 2.24) is 9.55 Å². The Morgan fingerprint density at radius 2 is 2.20 bits per heavy atom. The third-order valence-electron chi connectivity index (χ3n) is 3.32. The molecule has 1 aromatic heterocycles. The minimum absolute atomic E-state index is 0.220. The number of nitrogens with zero attached hydrogens (tertiary/aromatic N) is 1. The number of nitrogens with one attached hydrogen (secondary N) is 1. The third kappa shape index (κ3) is 1.97. The standard InChI is InChI=1S/C12H14N2O6/c1-3-12(5-15)8(17)7(16)10(20-12)14-4-6(2)9(18)13-11(14)19/h1,4,7-8,10,15-17H,5H2,2H3,(H,13,18,19)/t7-,8+,10-,12-/m1/s1. The van der Waals surface area contributed by atoms with E-state index in [2.05, 4.69) is 5.92 Å². The van der Waals surface area contributed by atoms with Crippen molar-refractivity contribution in [1.29, 1.82) is 0 Å². The van der Waals surface area contributed by atoms with Crippen LogP contribution in [0, 0.1) is 19.3 Å². The number of aliphatic hydroxyl groups is 3. The summed E-state index contributed by atoms with van der Waals surface area (Å²) in [5, 5.41) is 29.1. The fourth-order valence-corrected chi connectivity index (χ4v) is 2.08. The smallest absolute Gasteiger partial charge is 0.330 e. The number of terminal acetylenes is 1. The number of aromatic amines is 1. The van der Waals surface area contributed by atoms with Gasteiger partial charge < -0.3 is 20.1 Å². The van der Waals surface area contributed by atoms with Gasteiger partial charge in [0.25, 0.3) is 5.56 Å². The van der Waals surface area contributed by atoms with Gasteiger partial charge in [0.2, 0.25) is 0 Å². The van der Waals surface area contributed by atoms with E-state index in [0.717, 1.165) is 4.57 Å². The van der Waals surface area contributed by atoms with Crippen LogP contribution in [-0.2, 0) is 4.74 Å². The maximum Gasteiger partial charge on any atom is 0.330 e. The SMILES string of the molecule is C#C[C@]1(CO)O[C@@H](n2cc(C)c(=O)[nH]c2=O)[C@H](O)[C@@H]1O. The van der Waals surface area contributed by atoms with Gasteiger partial charge in [-0.15, -0.1) is 6.42 Å². The molecule has 1 aliphatic heterocycles. The molecular weight excluding hydrogens is 268 g/mol. The topological polar surface area (TPSA) is 125 Å². The number of aryl methyl sites for hydroxylation is 1. The highest BCUT2D eigenvalue weighted by atomic mass is 16.6. The number of rotatable bonds is 2. The molecule has 0 bridgehead atoms. The minimum Gasteiger partial charge on any atom is -0.392 e. The molecule has 0 amide bonds. The van der Waals surface area contributed by atoms with Gasteiger partial charge in [-0.1, -0.05) is 5.92 Å². The summed E-state index contributed by atoms with van der Waals surface area (Å²) in [6, 6.07) is 0. The third-order valence-corrected chi connectivity index (χ3v) is 3.32. The van der Waals surface area contributed by atoms with E-state index in [9.17, 15) is 24.9 Å². The van der Waals surface area contributed by atoms with E-state index in [0.29, 0.717) is 0 Å². The molecule has 8 nitrogen and oxygen atoms in total. The van der Waals surface area contributed by atoms with Crippen molar-refractivity contribution in [3.05, 3.63) is 32.6 Å². The largest absolute Gasteiger partial charge is 0.392 e. The summed E-state index contributed by atoms with van der Waals surface area (Å²) in [5.74, 6) is 2.08. The first-order valence-corrected chi connectivity index (χ1v) is 5.81. The average molecular weight is 282 g/mol. The molecule has 1 aromatic rings. The highest BCUT2D eigenvalue weighted by molar-refractivity contribution is 5.18. The summed E-state index contributed by atoms with van der Waals surface area (Å²) < 4.78 is 6.20. The maximum atomic E-state index is 11.7. The van der Waals surface area contributed by atoms with Crippen LogP contribution in [0.25, 0.3) is 0 Å². The van der Waals surface area contributed by atoms with Crippen LogP contribution in [0.1, 0.15) is 11.8 Å². The van der Waals surface area contributed by atoms with E-state index >= 15 is 0 Å². The van der Waals surface area contributed by atoms with Crippen LogP contribution in [0.2, 0.25) is 0 Å². The molecule has 2 heterocycles. The second kappa shape index (κ2) is 4.88. The highest BCUT2D eigenvalue weighted by Gasteiger charge is 2.54. The lowest BCUT2D eigenvalue weighted by molar-refractivity contribution is -0.0937. The molecule has 20 heavy (non-hydrogen) atoms. The summed E-state index contributed by atoms with van der Waals surface area (Å²) in [5.41, 5.74) is -2.96. The van der Waals surface area contributed by atoms with Crippen LogP contribution in [0.4, 0.5) is 0 Å². The van der Waals surface area contributed by atoms with Gasteiger partial charge >= 0.3 is 5.69 Å². The molecule has 2 rings (SSSR count). The Morgan fingerprint density at radius 1 is 1.55 bits per heavy atom. The van der Waals surface area contributed by atoms with Crippen LogP contribution in [0.5, 0.6) is 0 Å². The van der Waals surface area contributed by atoms with E-state index in [4.69, 9.17) is 11.2 Å². The van der Waals surface area contributed by atoms with E-state index in [1.807, 2.05) is 4.98 Å². The van der Waals surface area contributed by atoms with Gasteiger partial charge in [-0.05, 0) is 6.92 Å². The van der Waals surface area contributed by atoms with E-state index in [1.165, 1.54) is 13.1 Å². The van der Waals surface area contributed by atoms with Gasteiger partial charge in [-0.3, -0.25) is 14.3 Å². The Labute approximate surface area is 113 Å². The predicted molar refractivity (Wildman–Crippen MR) is 66.8 cm³/mol. The van der Waals surface area contributed by atoms with Crippen LogP contribution in [0.15, 0.2) is 15.8 Å². The fourth-order valence-electron chi connectivity index (χ4n) is 2.08. The Bertz CT molecular complexity index is 672. The van der Waals surface area contributed by atoms with E-state index in [1.54, 1.807) is 0 Å². The number of H-pyrrole nitrogens is 1. The zero-order valence-corrected chi connectivity index (χ0v) is 10.6. The normalized spacial score (nSPS) is 33.0. The zero-order chi connectivity index (χ0) is 15.1. The number of hydrogen-bond donors (Lipinski definition) is 4. The van der Waals surface area contributed by atoms with Gasteiger partial charge in [0.15, 0.2) is 11.8 Å². The lowest BCUT2D eigenvalue weighted by Gasteiger charge is -2.23. The number of hydrogen-bond acceptors (Lipinski definition) is 6. The van der Waals surface area contributed by atoms with Crippen molar-refractivity contribution in [2.75, 3.05) is 6.61 Å². The van der Waals surface area contributed by atoms with Crippen LogP contribution >= 0.6 is 0 Å². The minimum atomic E-state index is -1.80. The number of ether oxygens (including phenoxy) is 1. The molecule has 4 atom stereocenters. The Morgan fingerprint density at radius 3 is 2.70 bits per heavy atom. The summed E-state index contributed by atoms with van der Waals surface area (Å²) in [7, 11) is 0. The predicted octanol–water partition coefficient (Wildman–Crippen LogP) is -2.54. The van der Waals surface area contributed by atoms with Gasteiger partial charge in [0.05, 0.1) is 6.61 Å². The van der Waals surface area contributed by atoms with Gasteiger partial charge in [-0.2, -0.15) is 0 Å². The molecule has 0 aromatic carbocycles. The van der Waals surface area contributed by atoms with Gasteiger partial charge in [0, 0.05) is 11.8 Å². The quantitative estimate of drug-likeness (QED) is 0.443. The molecule has 0 spiro atoms. The summed E-state index contributed by atoms with van der Waals surface area (Å²) in [4.78, 5) is 25.1. The van der Waals surface area contributed by atoms with Crippen molar-refractivity contribution in [3.63, 3.8) is 0 Å². The first-order chi connectivity index (χ1) is 9.36. The lowest BCUT2D eigenvalue weighted by Crippen LogP contribution is -2.45. The molecule has 8 heteroatoms. The fraction of sp³-hybridized carbons (Fsp3) is 0.500. The second-order valence-electron chi connectivity index (χ2n) is 4.61. The molecule has 0 radical (unpaired) electrons. The number of aromatic nitrogens is 2. The Balaban J connectivity index is 2.51. The van der Waals surface area contributed by atoms with Crippen molar-refractivity contribution >= 4 is 0 Å². The Kier molecular flexibility index (Phi) is 3.54. The van der Waals surface area contributed by atoms with Crippen LogP contribution in [0.3, 0.4) is 0 Å².